The zero-order valence-corrected chi connectivity index (χ0v) is 17.0. The molecule has 1 fully saturated rings. The SMILES string of the molecule is CN1CCN(c2nc(-c3ccc(F)cc3)c3c(N)n(-c4ccc(F)cc4)nc3n2)CC1. The van der Waals surface area contributed by atoms with Crippen molar-refractivity contribution >= 4 is 22.8 Å². The summed E-state index contributed by atoms with van der Waals surface area (Å²) in [6, 6.07) is 12.0. The molecule has 1 aliphatic rings. The molecule has 0 saturated carbocycles. The second-order valence-electron chi connectivity index (χ2n) is 7.64. The molecule has 4 aromatic rings. The maximum Gasteiger partial charge on any atom is 0.228 e. The van der Waals surface area contributed by atoms with Crippen LogP contribution in [0.4, 0.5) is 20.5 Å². The van der Waals surface area contributed by atoms with E-state index < -0.39 is 0 Å². The van der Waals surface area contributed by atoms with E-state index in [9.17, 15) is 8.78 Å². The number of fused-ring (bicyclic) bond motifs is 1. The minimum Gasteiger partial charge on any atom is -0.383 e. The Morgan fingerprint density at radius 1 is 0.839 bits per heavy atom. The largest absolute Gasteiger partial charge is 0.383 e. The van der Waals surface area contributed by atoms with Gasteiger partial charge >= 0.3 is 0 Å². The standard InChI is InChI=1S/C22H21F2N7/c1-29-10-12-30(13-11-29)22-26-19(14-2-4-15(23)5-3-14)18-20(25)31(28-21(18)27-22)17-8-6-16(24)7-9-17/h2-9H,10-13,25H2,1H3. The van der Waals surface area contributed by atoms with E-state index in [4.69, 9.17) is 10.7 Å². The fourth-order valence-corrected chi connectivity index (χ4v) is 3.74. The van der Waals surface area contributed by atoms with Crippen molar-refractivity contribution in [2.24, 2.45) is 0 Å². The Kier molecular flexibility index (Phi) is 4.74. The number of piperazine rings is 1. The minimum atomic E-state index is -0.344. The number of likely N-dealkylation sites (N-methyl/N-ethyl adjacent to an activating group) is 1. The van der Waals surface area contributed by atoms with Crippen LogP contribution in [0.25, 0.3) is 28.0 Å². The van der Waals surface area contributed by atoms with Crippen LogP contribution in [-0.4, -0.2) is 57.9 Å². The summed E-state index contributed by atoms with van der Waals surface area (Å²) in [4.78, 5) is 13.9. The number of anilines is 2. The van der Waals surface area contributed by atoms with Gasteiger partial charge in [0.2, 0.25) is 5.95 Å². The molecule has 0 amide bonds. The van der Waals surface area contributed by atoms with Crippen molar-refractivity contribution in [1.82, 2.24) is 24.6 Å². The van der Waals surface area contributed by atoms with Crippen LogP contribution in [-0.2, 0) is 0 Å². The topological polar surface area (TPSA) is 76.1 Å². The van der Waals surface area contributed by atoms with Crippen molar-refractivity contribution < 1.29 is 8.78 Å². The van der Waals surface area contributed by atoms with Crippen LogP contribution in [0.2, 0.25) is 0 Å². The highest BCUT2D eigenvalue weighted by Gasteiger charge is 2.23. The molecule has 1 aliphatic heterocycles. The van der Waals surface area contributed by atoms with Crippen LogP contribution in [0.5, 0.6) is 0 Å². The predicted molar refractivity (Wildman–Crippen MR) is 116 cm³/mol. The summed E-state index contributed by atoms with van der Waals surface area (Å²) in [5.74, 6) is 0.223. The van der Waals surface area contributed by atoms with Gasteiger partial charge in [0.15, 0.2) is 5.65 Å². The van der Waals surface area contributed by atoms with Gasteiger partial charge in [0.05, 0.1) is 16.8 Å². The average molecular weight is 421 g/mol. The normalized spacial score (nSPS) is 15.0. The van der Waals surface area contributed by atoms with Crippen LogP contribution in [0.1, 0.15) is 0 Å². The summed E-state index contributed by atoms with van der Waals surface area (Å²) in [6.07, 6.45) is 0. The number of nitrogen functional groups attached to an aromatic ring is 1. The second-order valence-corrected chi connectivity index (χ2v) is 7.64. The predicted octanol–water partition coefficient (Wildman–Crippen LogP) is 3.09. The van der Waals surface area contributed by atoms with E-state index in [-0.39, 0.29) is 11.6 Å². The fourth-order valence-electron chi connectivity index (χ4n) is 3.74. The molecule has 0 bridgehead atoms. The van der Waals surface area contributed by atoms with E-state index >= 15 is 0 Å². The molecule has 9 heteroatoms. The first-order chi connectivity index (χ1) is 15.0. The summed E-state index contributed by atoms with van der Waals surface area (Å²) < 4.78 is 28.5. The number of nitrogens with two attached hydrogens (primary N) is 1. The van der Waals surface area contributed by atoms with Gasteiger partial charge in [0.25, 0.3) is 0 Å². The van der Waals surface area contributed by atoms with Gasteiger partial charge < -0.3 is 15.5 Å². The molecule has 2 aromatic heterocycles. The lowest BCUT2D eigenvalue weighted by atomic mass is 10.1. The molecule has 3 heterocycles. The van der Waals surface area contributed by atoms with E-state index in [2.05, 4.69) is 26.9 Å². The highest BCUT2D eigenvalue weighted by atomic mass is 19.1. The first-order valence-electron chi connectivity index (χ1n) is 10.0. The van der Waals surface area contributed by atoms with Crippen LogP contribution in [0.15, 0.2) is 48.5 Å². The van der Waals surface area contributed by atoms with Crippen LogP contribution in [0, 0.1) is 11.6 Å². The molecule has 1 saturated heterocycles. The summed E-state index contributed by atoms with van der Waals surface area (Å²) in [5, 5.41) is 5.17. The molecule has 0 spiro atoms. The van der Waals surface area contributed by atoms with Crippen molar-refractivity contribution in [3.63, 3.8) is 0 Å². The molecule has 0 radical (unpaired) electrons. The van der Waals surface area contributed by atoms with E-state index in [0.29, 0.717) is 34.2 Å². The smallest absolute Gasteiger partial charge is 0.228 e. The Morgan fingerprint density at radius 3 is 2.10 bits per heavy atom. The van der Waals surface area contributed by atoms with Crippen LogP contribution >= 0.6 is 0 Å². The monoisotopic (exact) mass is 421 g/mol. The Bertz CT molecular complexity index is 1230. The third kappa shape index (κ3) is 3.57. The number of halogens is 2. The lowest BCUT2D eigenvalue weighted by Crippen LogP contribution is -2.45. The molecule has 0 unspecified atom stereocenters. The van der Waals surface area contributed by atoms with Crippen molar-refractivity contribution in [3.05, 3.63) is 60.2 Å². The summed E-state index contributed by atoms with van der Waals surface area (Å²) in [7, 11) is 2.08. The van der Waals surface area contributed by atoms with Gasteiger partial charge in [-0.3, -0.25) is 0 Å². The number of nitrogens with zero attached hydrogens (tertiary/aromatic N) is 6. The van der Waals surface area contributed by atoms with Gasteiger partial charge in [-0.15, -0.1) is 5.10 Å². The molecular weight excluding hydrogens is 400 g/mol. The van der Waals surface area contributed by atoms with Crippen LogP contribution < -0.4 is 10.6 Å². The first kappa shape index (κ1) is 19.4. The minimum absolute atomic E-state index is 0.330. The van der Waals surface area contributed by atoms with Gasteiger partial charge in [-0.05, 0) is 55.6 Å². The molecule has 2 N–H and O–H groups in total. The first-order valence-corrected chi connectivity index (χ1v) is 10.0. The number of rotatable bonds is 3. The molecule has 2 aromatic carbocycles. The maximum atomic E-state index is 13.5. The fraction of sp³-hybridized carbons (Fsp3) is 0.227. The van der Waals surface area contributed by atoms with E-state index in [1.165, 1.54) is 28.9 Å². The third-order valence-corrected chi connectivity index (χ3v) is 5.53. The molecule has 31 heavy (non-hydrogen) atoms. The highest BCUT2D eigenvalue weighted by molar-refractivity contribution is 5.99. The Balaban J connectivity index is 1.70. The maximum absolute atomic E-state index is 13.5. The van der Waals surface area contributed by atoms with Gasteiger partial charge in [0.1, 0.15) is 17.5 Å². The summed E-state index contributed by atoms with van der Waals surface area (Å²) >= 11 is 0. The molecule has 158 valence electrons. The highest BCUT2D eigenvalue weighted by Crippen LogP contribution is 2.33. The zero-order chi connectivity index (χ0) is 21.5. The van der Waals surface area contributed by atoms with Gasteiger partial charge in [0, 0.05) is 31.7 Å². The zero-order valence-electron chi connectivity index (χ0n) is 17.0. The summed E-state index contributed by atoms with van der Waals surface area (Å²) in [5.41, 5.74) is 8.81. The number of aromatic nitrogens is 4. The molecule has 5 rings (SSSR count). The Morgan fingerprint density at radius 2 is 1.45 bits per heavy atom. The van der Waals surface area contributed by atoms with Crippen molar-refractivity contribution in [3.8, 4) is 16.9 Å². The average Bonchev–Trinajstić information content (AvgIpc) is 3.11. The number of hydrogen-bond acceptors (Lipinski definition) is 6. The third-order valence-electron chi connectivity index (χ3n) is 5.53. The number of benzene rings is 2. The molecule has 0 atom stereocenters. The molecule has 0 aliphatic carbocycles. The van der Waals surface area contributed by atoms with Crippen molar-refractivity contribution in [1.29, 1.82) is 0 Å². The lowest BCUT2D eigenvalue weighted by molar-refractivity contribution is 0.311. The van der Waals surface area contributed by atoms with Gasteiger partial charge in [-0.25, -0.2) is 18.4 Å². The summed E-state index contributed by atoms with van der Waals surface area (Å²) in [6.45, 7) is 3.39. The Hall–Kier alpha value is -3.59. The second kappa shape index (κ2) is 7.59. The van der Waals surface area contributed by atoms with E-state index in [0.717, 1.165) is 31.7 Å². The van der Waals surface area contributed by atoms with Crippen molar-refractivity contribution in [2.45, 2.75) is 0 Å². The van der Waals surface area contributed by atoms with Gasteiger partial charge in [-0.2, -0.15) is 4.98 Å². The lowest BCUT2D eigenvalue weighted by Gasteiger charge is -2.32. The molecule has 7 nitrogen and oxygen atoms in total. The quantitative estimate of drug-likeness (QED) is 0.548. The molecular formula is C22H21F2N7. The number of hydrogen-bond donors (Lipinski definition) is 1. The Labute approximate surface area is 177 Å². The van der Waals surface area contributed by atoms with E-state index in [1.54, 1.807) is 24.3 Å². The van der Waals surface area contributed by atoms with E-state index in [1.807, 2.05) is 0 Å². The van der Waals surface area contributed by atoms with Crippen molar-refractivity contribution in [2.75, 3.05) is 43.9 Å². The van der Waals surface area contributed by atoms with Crippen LogP contribution in [0.3, 0.4) is 0 Å². The van der Waals surface area contributed by atoms with Gasteiger partial charge in [-0.1, -0.05) is 0 Å².